The summed E-state index contributed by atoms with van der Waals surface area (Å²) in [7, 11) is 0. The molecule has 6 aliphatic rings. The molecule has 4 aliphatic carbocycles. The van der Waals surface area contributed by atoms with Gasteiger partial charge in [0.1, 0.15) is 0 Å². The van der Waals surface area contributed by atoms with E-state index in [-0.39, 0.29) is 0 Å². The van der Waals surface area contributed by atoms with Crippen molar-refractivity contribution >= 4 is 34.7 Å². The Balaban J connectivity index is 1.33. The lowest BCUT2D eigenvalue weighted by Gasteiger charge is -2.29. The summed E-state index contributed by atoms with van der Waals surface area (Å²) in [5.74, 6) is 1.97. The molecule has 34 heavy (non-hydrogen) atoms. The highest BCUT2D eigenvalue weighted by molar-refractivity contribution is 8.04. The molecule has 1 fully saturated rings. The average Bonchev–Trinajstić information content (AvgIpc) is 3.58. The Hall–Kier alpha value is -1.64. The monoisotopic (exact) mass is 480 g/mol. The van der Waals surface area contributed by atoms with Crippen molar-refractivity contribution in [3.05, 3.63) is 91.7 Å². The van der Waals surface area contributed by atoms with Gasteiger partial charge in [0, 0.05) is 33.5 Å². The smallest absolute Gasteiger partial charge is 0.0416 e. The van der Waals surface area contributed by atoms with Crippen molar-refractivity contribution in [2.24, 2.45) is 5.92 Å². The normalized spacial score (nSPS) is 34.9. The minimum atomic E-state index is 0.600. The van der Waals surface area contributed by atoms with E-state index in [0.29, 0.717) is 33.5 Å². The third-order valence-corrected chi connectivity index (χ3v) is 13.0. The van der Waals surface area contributed by atoms with Crippen molar-refractivity contribution in [3.63, 3.8) is 0 Å². The van der Waals surface area contributed by atoms with Gasteiger partial charge < -0.3 is 0 Å². The third-order valence-electron chi connectivity index (χ3n) is 9.80. The molecule has 0 spiro atoms. The van der Waals surface area contributed by atoms with Gasteiger partial charge >= 0.3 is 0 Å². The Labute approximate surface area is 211 Å². The van der Waals surface area contributed by atoms with Crippen molar-refractivity contribution in [2.45, 2.75) is 80.0 Å². The second kappa shape index (κ2) is 7.43. The van der Waals surface area contributed by atoms with Gasteiger partial charge in [0.15, 0.2) is 0 Å². The SMILES string of the molecule is CC1=C(C)C2c3ccc4c5c3=C(CCC=5C3SC(c5ccccc5)C(C5=CCCCC5)C43)C2S1. The number of hydrogen-bond donors (Lipinski definition) is 0. The van der Waals surface area contributed by atoms with Gasteiger partial charge in [0.25, 0.3) is 0 Å². The molecular weight excluding hydrogens is 448 g/mol. The Morgan fingerprint density at radius 1 is 0.735 bits per heavy atom. The molecule has 6 atom stereocenters. The first kappa shape index (κ1) is 20.5. The quantitative estimate of drug-likeness (QED) is 0.412. The Kier molecular flexibility index (Phi) is 4.49. The summed E-state index contributed by atoms with van der Waals surface area (Å²) in [5.41, 5.74) is 11.9. The van der Waals surface area contributed by atoms with Gasteiger partial charge in [-0.25, -0.2) is 0 Å². The van der Waals surface area contributed by atoms with Crippen LogP contribution in [-0.2, 0) is 0 Å². The Morgan fingerprint density at radius 3 is 2.29 bits per heavy atom. The molecule has 0 bridgehead atoms. The van der Waals surface area contributed by atoms with Crippen LogP contribution in [-0.4, -0.2) is 10.5 Å². The minimum absolute atomic E-state index is 0.600. The van der Waals surface area contributed by atoms with Crippen molar-refractivity contribution in [1.82, 2.24) is 0 Å². The van der Waals surface area contributed by atoms with E-state index in [9.17, 15) is 0 Å². The lowest BCUT2D eigenvalue weighted by molar-refractivity contribution is 0.484. The van der Waals surface area contributed by atoms with Crippen LogP contribution in [0.25, 0.3) is 11.1 Å². The van der Waals surface area contributed by atoms with E-state index in [1.54, 1.807) is 48.8 Å². The number of benzene rings is 2. The van der Waals surface area contributed by atoms with Crippen molar-refractivity contribution in [3.8, 4) is 0 Å². The van der Waals surface area contributed by atoms with Gasteiger partial charge in [-0.15, -0.1) is 23.5 Å². The summed E-state index contributed by atoms with van der Waals surface area (Å²) >= 11 is 4.48. The van der Waals surface area contributed by atoms with Crippen LogP contribution in [0.1, 0.15) is 86.1 Å². The molecule has 0 nitrogen and oxygen atoms in total. The summed E-state index contributed by atoms with van der Waals surface area (Å²) in [6, 6.07) is 16.6. The van der Waals surface area contributed by atoms with Gasteiger partial charge in [-0.2, -0.15) is 0 Å². The van der Waals surface area contributed by atoms with Crippen LogP contribution in [0.4, 0.5) is 0 Å². The molecule has 2 aromatic rings. The first-order valence-electron chi connectivity index (χ1n) is 13.3. The third kappa shape index (κ3) is 2.60. The highest BCUT2D eigenvalue weighted by atomic mass is 32.2. The molecule has 8 rings (SSSR count). The van der Waals surface area contributed by atoms with E-state index >= 15 is 0 Å². The summed E-state index contributed by atoms with van der Waals surface area (Å²) < 4.78 is 0. The molecule has 0 radical (unpaired) electrons. The Morgan fingerprint density at radius 2 is 1.50 bits per heavy atom. The molecular formula is C32H32S2. The first-order chi connectivity index (χ1) is 16.7. The standard InChI is InChI=1S/C32H32S2/c1-17-18(2)33-31-23-15-16-24-28-22(14-13-21(25(17)31)27(23)28)29-26(19-9-5-3-6-10-19)30(34-32(24)29)20-11-7-4-8-12-20/h4,7-9,11-14,25-26,29-32H,3,5-6,10,15-16H2,1-2H3. The maximum Gasteiger partial charge on any atom is 0.0416 e. The summed E-state index contributed by atoms with van der Waals surface area (Å²) in [6.07, 6.45) is 10.6. The summed E-state index contributed by atoms with van der Waals surface area (Å²) in [6.45, 7) is 4.75. The molecule has 2 heterocycles. The van der Waals surface area contributed by atoms with Crippen LogP contribution in [0.5, 0.6) is 0 Å². The summed E-state index contributed by atoms with van der Waals surface area (Å²) in [5, 5.41) is 5.41. The molecule has 1 saturated heterocycles. The summed E-state index contributed by atoms with van der Waals surface area (Å²) in [4.78, 5) is 1.57. The van der Waals surface area contributed by atoms with E-state index in [2.05, 4.69) is 85.9 Å². The predicted molar refractivity (Wildman–Crippen MR) is 148 cm³/mol. The molecule has 2 aliphatic heterocycles. The largest absolute Gasteiger partial charge is 0.145 e. The van der Waals surface area contributed by atoms with Crippen LogP contribution < -0.4 is 10.4 Å². The van der Waals surface area contributed by atoms with Crippen LogP contribution in [0.3, 0.4) is 0 Å². The van der Waals surface area contributed by atoms with Gasteiger partial charge in [-0.1, -0.05) is 59.7 Å². The van der Waals surface area contributed by atoms with Crippen molar-refractivity contribution in [1.29, 1.82) is 0 Å². The molecule has 2 aromatic carbocycles. The second-order valence-electron chi connectivity index (χ2n) is 11.3. The van der Waals surface area contributed by atoms with Crippen LogP contribution in [0, 0.1) is 5.92 Å². The van der Waals surface area contributed by atoms with E-state index in [1.807, 2.05) is 5.57 Å². The van der Waals surface area contributed by atoms with E-state index < -0.39 is 0 Å². The molecule has 172 valence electrons. The molecule has 6 unspecified atom stereocenters. The predicted octanol–water partition coefficient (Wildman–Crippen LogP) is 7.36. The minimum Gasteiger partial charge on any atom is -0.145 e. The lowest BCUT2D eigenvalue weighted by atomic mass is 9.74. The number of rotatable bonds is 2. The fraction of sp³-hybridized carbons (Fsp3) is 0.438. The second-order valence-corrected chi connectivity index (χ2v) is 13.9. The zero-order chi connectivity index (χ0) is 22.6. The van der Waals surface area contributed by atoms with Crippen molar-refractivity contribution < 1.29 is 0 Å². The van der Waals surface area contributed by atoms with Gasteiger partial charge in [-0.3, -0.25) is 0 Å². The number of hydrogen-bond acceptors (Lipinski definition) is 2. The fourth-order valence-corrected chi connectivity index (χ4v) is 11.9. The number of thioether (sulfide) groups is 2. The topological polar surface area (TPSA) is 0 Å². The highest BCUT2D eigenvalue weighted by Crippen LogP contribution is 2.64. The maximum atomic E-state index is 2.65. The molecule has 2 heteroatoms. The van der Waals surface area contributed by atoms with E-state index in [1.165, 1.54) is 38.5 Å². The average molecular weight is 481 g/mol. The zero-order valence-corrected chi connectivity index (χ0v) is 21.8. The lowest BCUT2D eigenvalue weighted by Crippen LogP contribution is -2.35. The zero-order valence-electron chi connectivity index (χ0n) is 20.1. The fourth-order valence-electron chi connectivity index (χ4n) is 8.30. The molecule has 0 saturated carbocycles. The van der Waals surface area contributed by atoms with Gasteiger partial charge in [-0.05, 0) is 95.6 Å². The molecule has 0 N–H and O–H groups in total. The number of fused-ring (bicyclic) bond motifs is 6. The Bertz CT molecular complexity index is 1410. The highest BCUT2D eigenvalue weighted by Gasteiger charge is 2.53. The van der Waals surface area contributed by atoms with Crippen LogP contribution in [0.15, 0.2) is 64.6 Å². The van der Waals surface area contributed by atoms with Gasteiger partial charge in [0.05, 0.1) is 0 Å². The van der Waals surface area contributed by atoms with Crippen LogP contribution >= 0.6 is 23.5 Å². The van der Waals surface area contributed by atoms with E-state index in [0.717, 1.165) is 0 Å². The van der Waals surface area contributed by atoms with Gasteiger partial charge in [0.2, 0.25) is 0 Å². The van der Waals surface area contributed by atoms with Crippen LogP contribution in [0.2, 0.25) is 0 Å². The molecule has 0 aromatic heterocycles. The molecule has 0 amide bonds. The first-order valence-corrected chi connectivity index (χ1v) is 15.2. The van der Waals surface area contributed by atoms with Crippen molar-refractivity contribution in [2.75, 3.05) is 0 Å². The number of allylic oxidation sites excluding steroid dienone is 4. The maximum absolute atomic E-state index is 2.65. The van der Waals surface area contributed by atoms with E-state index in [4.69, 9.17) is 0 Å².